The van der Waals surface area contributed by atoms with E-state index in [1.807, 2.05) is 0 Å². The zero-order valence-electron chi connectivity index (χ0n) is 11.5. The molecule has 0 bridgehead atoms. The molecular weight excluding hydrogens is 286 g/mol. The molecule has 0 saturated heterocycles. The van der Waals surface area contributed by atoms with Crippen molar-refractivity contribution in [2.45, 2.75) is 45.1 Å². The molecule has 20 heavy (non-hydrogen) atoms. The fourth-order valence-corrected chi connectivity index (χ4v) is 2.16. The minimum Gasteiger partial charge on any atom is -0.481 e. The van der Waals surface area contributed by atoms with Crippen molar-refractivity contribution in [3.05, 3.63) is 0 Å². The van der Waals surface area contributed by atoms with Gasteiger partial charge in [-0.15, -0.1) is 0 Å². The summed E-state index contributed by atoms with van der Waals surface area (Å²) in [4.78, 5) is 44.3. The van der Waals surface area contributed by atoms with E-state index in [0.29, 0.717) is 0 Å². The van der Waals surface area contributed by atoms with Gasteiger partial charge in [-0.3, -0.25) is 14.4 Å². The monoisotopic (exact) mass is 305 g/mol. The predicted molar refractivity (Wildman–Crippen MR) is 73.4 cm³/mol. The second-order valence-corrected chi connectivity index (χ2v) is 5.48. The lowest BCUT2D eigenvalue weighted by molar-refractivity contribution is -0.145. The van der Waals surface area contributed by atoms with Crippen LogP contribution in [0.1, 0.15) is 39.5 Å². The number of carbonyl (C=O) groups excluding carboxylic acids is 2. The molecule has 0 fully saturated rings. The smallest absolute Gasteiger partial charge is 0.330 e. The van der Waals surface area contributed by atoms with Gasteiger partial charge in [-0.25, -0.2) is 4.79 Å². The predicted octanol–water partition coefficient (Wildman–Crippen LogP) is 0.871. The maximum atomic E-state index is 11.5. The Balaban J connectivity index is 4.33. The third-order valence-corrected chi connectivity index (χ3v) is 3.75. The number of carboxylic acid groups (broad SMARTS) is 2. The van der Waals surface area contributed by atoms with Gasteiger partial charge in [0.15, 0.2) is 5.12 Å². The number of carboxylic acids is 2. The molecule has 1 amide bonds. The molecule has 1 atom stereocenters. The summed E-state index contributed by atoms with van der Waals surface area (Å²) in [5.74, 6) is -2.70. The topological polar surface area (TPSA) is 121 Å². The summed E-state index contributed by atoms with van der Waals surface area (Å²) < 4.78 is 0. The van der Waals surface area contributed by atoms with E-state index in [2.05, 4.69) is 5.32 Å². The number of hydrogen-bond donors (Lipinski definition) is 3. The zero-order valence-corrected chi connectivity index (χ0v) is 12.3. The first-order valence-electron chi connectivity index (χ1n) is 6.13. The molecule has 7 nitrogen and oxygen atoms in total. The van der Waals surface area contributed by atoms with Crippen molar-refractivity contribution in [1.82, 2.24) is 5.32 Å². The molecule has 0 aliphatic carbocycles. The molecule has 3 N–H and O–H groups in total. The van der Waals surface area contributed by atoms with Crippen LogP contribution >= 0.6 is 11.8 Å². The van der Waals surface area contributed by atoms with Crippen LogP contribution in [0.3, 0.4) is 0 Å². The average Bonchev–Trinajstić information content (AvgIpc) is 2.35. The molecule has 0 rings (SSSR count). The summed E-state index contributed by atoms with van der Waals surface area (Å²) in [6.45, 7) is 2.93. The number of aliphatic carboxylic acids is 2. The Morgan fingerprint density at radius 3 is 2.20 bits per heavy atom. The second-order valence-electron chi connectivity index (χ2n) is 4.45. The van der Waals surface area contributed by atoms with Crippen molar-refractivity contribution in [2.24, 2.45) is 0 Å². The summed E-state index contributed by atoms with van der Waals surface area (Å²) in [6, 6.07) is 0. The van der Waals surface area contributed by atoms with Crippen molar-refractivity contribution in [3.63, 3.8) is 0 Å². The van der Waals surface area contributed by atoms with Gasteiger partial charge < -0.3 is 15.5 Å². The maximum Gasteiger partial charge on any atom is 0.330 e. The van der Waals surface area contributed by atoms with Crippen molar-refractivity contribution in [2.75, 3.05) is 5.75 Å². The highest BCUT2D eigenvalue weighted by atomic mass is 32.2. The fraction of sp³-hybridized carbons (Fsp3) is 0.667. The van der Waals surface area contributed by atoms with Gasteiger partial charge in [0.25, 0.3) is 0 Å². The van der Waals surface area contributed by atoms with Crippen LogP contribution in [-0.2, 0) is 19.2 Å². The van der Waals surface area contributed by atoms with Gasteiger partial charge in [0, 0.05) is 25.0 Å². The van der Waals surface area contributed by atoms with Crippen LogP contribution in [0.4, 0.5) is 0 Å². The maximum absolute atomic E-state index is 11.5. The first-order valence-corrected chi connectivity index (χ1v) is 7.11. The Bertz CT molecular complexity index is 397. The lowest BCUT2D eigenvalue weighted by Crippen LogP contribution is -2.54. The van der Waals surface area contributed by atoms with Gasteiger partial charge in [-0.05, 0) is 13.3 Å². The van der Waals surface area contributed by atoms with Gasteiger partial charge in [0.1, 0.15) is 5.54 Å². The van der Waals surface area contributed by atoms with Crippen molar-refractivity contribution < 1.29 is 29.4 Å². The van der Waals surface area contributed by atoms with E-state index in [1.54, 1.807) is 6.92 Å². The highest BCUT2D eigenvalue weighted by Gasteiger charge is 2.35. The van der Waals surface area contributed by atoms with Crippen LogP contribution in [0.2, 0.25) is 0 Å². The van der Waals surface area contributed by atoms with E-state index < -0.39 is 23.4 Å². The Hall–Kier alpha value is -1.57. The molecule has 0 aliphatic heterocycles. The first-order chi connectivity index (χ1) is 9.21. The van der Waals surface area contributed by atoms with Crippen molar-refractivity contribution in [1.29, 1.82) is 0 Å². The van der Waals surface area contributed by atoms with Crippen LogP contribution in [0, 0.1) is 0 Å². The van der Waals surface area contributed by atoms with Crippen molar-refractivity contribution in [3.8, 4) is 0 Å². The summed E-state index contributed by atoms with van der Waals surface area (Å²) in [6.07, 6.45) is 0.329. The highest BCUT2D eigenvalue weighted by molar-refractivity contribution is 8.13. The van der Waals surface area contributed by atoms with Crippen molar-refractivity contribution >= 4 is 34.7 Å². The SMILES string of the molecule is CCC(=O)NC(C)(CSC(=O)CCCC(=O)O)C(=O)O. The van der Waals surface area contributed by atoms with Gasteiger partial charge in [0.05, 0.1) is 0 Å². The molecule has 0 aromatic carbocycles. The zero-order chi connectivity index (χ0) is 15.8. The van der Waals surface area contributed by atoms with Crippen LogP contribution in [-0.4, -0.2) is 44.5 Å². The lowest BCUT2D eigenvalue weighted by atomic mass is 10.1. The first kappa shape index (κ1) is 18.4. The van der Waals surface area contributed by atoms with Crippen LogP contribution < -0.4 is 5.32 Å². The average molecular weight is 305 g/mol. The van der Waals surface area contributed by atoms with Gasteiger partial charge >= 0.3 is 11.9 Å². The van der Waals surface area contributed by atoms with E-state index in [0.717, 1.165) is 11.8 Å². The standard InChI is InChI=1S/C12H19NO6S/c1-3-8(14)13-12(2,11(18)19)7-20-10(17)6-4-5-9(15)16/h3-7H2,1-2H3,(H,13,14)(H,15,16)(H,18,19). The van der Waals surface area contributed by atoms with E-state index >= 15 is 0 Å². The van der Waals surface area contributed by atoms with Crippen LogP contribution in [0.5, 0.6) is 0 Å². The number of carbonyl (C=O) groups is 4. The van der Waals surface area contributed by atoms with Gasteiger partial charge in [0.2, 0.25) is 5.91 Å². The fourth-order valence-electron chi connectivity index (χ4n) is 1.23. The number of hydrogen-bond acceptors (Lipinski definition) is 5. The number of thioether (sulfide) groups is 1. The number of amides is 1. The quantitative estimate of drug-likeness (QED) is 0.578. The number of rotatable bonds is 9. The molecule has 8 heteroatoms. The Morgan fingerprint density at radius 2 is 1.75 bits per heavy atom. The molecule has 1 unspecified atom stereocenters. The van der Waals surface area contributed by atoms with Crippen LogP contribution in [0.25, 0.3) is 0 Å². The summed E-state index contributed by atoms with van der Waals surface area (Å²) in [7, 11) is 0. The molecule has 0 aromatic rings. The molecule has 0 heterocycles. The summed E-state index contributed by atoms with van der Waals surface area (Å²) in [5, 5.41) is 19.6. The Kier molecular flexibility index (Phi) is 7.90. The second kappa shape index (κ2) is 8.57. The molecular formula is C12H19NO6S. The molecule has 0 aliphatic rings. The van der Waals surface area contributed by atoms with Gasteiger partial charge in [-0.2, -0.15) is 0 Å². The molecule has 0 spiro atoms. The normalized spacial score (nSPS) is 13.3. The largest absolute Gasteiger partial charge is 0.481 e. The summed E-state index contributed by atoms with van der Waals surface area (Å²) in [5.41, 5.74) is -1.51. The number of nitrogens with one attached hydrogen (secondary N) is 1. The molecule has 114 valence electrons. The van der Waals surface area contributed by atoms with Gasteiger partial charge in [-0.1, -0.05) is 18.7 Å². The minimum atomic E-state index is -1.51. The van der Waals surface area contributed by atoms with E-state index in [1.165, 1.54) is 6.92 Å². The lowest BCUT2D eigenvalue weighted by Gasteiger charge is -2.25. The third-order valence-electron chi connectivity index (χ3n) is 2.50. The molecule has 0 aromatic heterocycles. The Labute approximate surface area is 121 Å². The molecule has 0 radical (unpaired) electrons. The van der Waals surface area contributed by atoms with E-state index in [9.17, 15) is 19.2 Å². The van der Waals surface area contributed by atoms with Crippen LogP contribution in [0.15, 0.2) is 0 Å². The highest BCUT2D eigenvalue weighted by Crippen LogP contribution is 2.17. The van der Waals surface area contributed by atoms with E-state index in [4.69, 9.17) is 10.2 Å². The molecule has 0 saturated carbocycles. The minimum absolute atomic E-state index is 0.0639. The Morgan fingerprint density at radius 1 is 1.15 bits per heavy atom. The summed E-state index contributed by atoms with van der Waals surface area (Å²) >= 11 is 0.788. The van der Waals surface area contributed by atoms with E-state index in [-0.39, 0.29) is 36.6 Å². The third kappa shape index (κ3) is 7.13.